The first-order valence-corrected chi connectivity index (χ1v) is 18.5. The molecule has 3 fully saturated rings. The number of rotatable bonds is 8. The van der Waals surface area contributed by atoms with Crippen molar-refractivity contribution in [2.24, 2.45) is 46.3 Å². The van der Waals surface area contributed by atoms with Gasteiger partial charge in [-0.05, 0) is 116 Å². The molecule has 0 N–H and O–H groups in total. The molecule has 3 saturated carbocycles. The first-order chi connectivity index (χ1) is 16.7. The third-order valence-electron chi connectivity index (χ3n) is 12.4. The van der Waals surface area contributed by atoms with Crippen molar-refractivity contribution in [3.05, 3.63) is 11.6 Å². The fraction of sp³-hybridized carbons (Fsp3) is 0.909. The molecule has 3 heteroatoms. The second kappa shape index (κ2) is 10.3. The van der Waals surface area contributed by atoms with Crippen molar-refractivity contribution in [1.82, 2.24) is 0 Å². The molecule has 206 valence electrons. The highest BCUT2D eigenvalue weighted by Gasteiger charge is 2.59. The number of hydrogen-bond donors (Lipinski definition) is 0. The maximum Gasteiger partial charge on any atom is 0.192 e. The number of hydrogen-bond acceptors (Lipinski definition) is 2. The molecule has 0 saturated heterocycles. The summed E-state index contributed by atoms with van der Waals surface area (Å²) in [5, 5.41) is 0.279. The van der Waals surface area contributed by atoms with Crippen LogP contribution in [0.2, 0.25) is 18.1 Å². The minimum absolute atomic E-state index is 0.279. The Morgan fingerprint density at radius 2 is 1.78 bits per heavy atom. The van der Waals surface area contributed by atoms with Crippen LogP contribution in [0.5, 0.6) is 0 Å². The summed E-state index contributed by atoms with van der Waals surface area (Å²) in [4.78, 5) is 12.3. The molecule has 0 aromatic heterocycles. The van der Waals surface area contributed by atoms with Crippen LogP contribution in [-0.2, 0) is 9.22 Å². The van der Waals surface area contributed by atoms with E-state index in [1.54, 1.807) is 5.57 Å². The SMILES string of the molecule is CC(C)CCC[C@@H](C=O)[C@H]1CC[C@H]2[C@@H]3CC=C4CC(O[Si](C)(C)C(C)(C)C)CC[C@]4(C)[C@H]3CC[C@]12C. The van der Waals surface area contributed by atoms with Crippen LogP contribution in [-0.4, -0.2) is 20.7 Å². The van der Waals surface area contributed by atoms with E-state index in [4.69, 9.17) is 4.43 Å². The molecule has 0 spiro atoms. The molecule has 0 amide bonds. The molecular formula is C33H58O2Si. The quantitative estimate of drug-likeness (QED) is 0.183. The predicted octanol–water partition coefficient (Wildman–Crippen LogP) is 9.60. The van der Waals surface area contributed by atoms with E-state index in [9.17, 15) is 4.79 Å². The van der Waals surface area contributed by atoms with Gasteiger partial charge in [-0.25, -0.2) is 0 Å². The molecule has 0 bridgehead atoms. The van der Waals surface area contributed by atoms with E-state index in [0.29, 0.717) is 22.9 Å². The van der Waals surface area contributed by atoms with E-state index in [2.05, 4.69) is 67.6 Å². The number of aldehydes is 1. The van der Waals surface area contributed by atoms with Gasteiger partial charge in [0.15, 0.2) is 8.32 Å². The molecule has 0 aliphatic heterocycles. The van der Waals surface area contributed by atoms with Crippen molar-refractivity contribution < 1.29 is 9.22 Å². The summed E-state index contributed by atoms with van der Waals surface area (Å²) in [5.41, 5.74) is 2.47. The van der Waals surface area contributed by atoms with Gasteiger partial charge in [-0.3, -0.25) is 0 Å². The Hall–Kier alpha value is -0.413. The molecule has 0 aromatic carbocycles. The maximum atomic E-state index is 12.3. The van der Waals surface area contributed by atoms with Crippen molar-refractivity contribution in [1.29, 1.82) is 0 Å². The lowest BCUT2D eigenvalue weighted by atomic mass is 9.47. The molecule has 8 atom stereocenters. The van der Waals surface area contributed by atoms with Crippen LogP contribution in [0.1, 0.15) is 119 Å². The van der Waals surface area contributed by atoms with E-state index in [1.807, 2.05) is 0 Å². The van der Waals surface area contributed by atoms with Crippen LogP contribution in [0.3, 0.4) is 0 Å². The van der Waals surface area contributed by atoms with Crippen molar-refractivity contribution >= 4 is 14.6 Å². The Labute approximate surface area is 224 Å². The zero-order valence-corrected chi connectivity index (χ0v) is 26.3. The topological polar surface area (TPSA) is 26.3 Å². The molecule has 0 aromatic rings. The van der Waals surface area contributed by atoms with E-state index >= 15 is 0 Å². The molecule has 2 nitrogen and oxygen atoms in total. The highest BCUT2D eigenvalue weighted by Crippen LogP contribution is 2.67. The van der Waals surface area contributed by atoms with Gasteiger partial charge in [0.2, 0.25) is 0 Å². The van der Waals surface area contributed by atoms with Gasteiger partial charge in [-0.2, -0.15) is 0 Å². The number of carbonyl (C=O) groups is 1. The van der Waals surface area contributed by atoms with Crippen molar-refractivity contribution in [3.8, 4) is 0 Å². The van der Waals surface area contributed by atoms with Gasteiger partial charge in [0, 0.05) is 12.0 Å². The molecule has 1 unspecified atom stereocenters. The van der Waals surface area contributed by atoms with E-state index < -0.39 is 8.32 Å². The van der Waals surface area contributed by atoms with Crippen molar-refractivity contribution in [2.45, 2.75) is 143 Å². The second-order valence-corrected chi connectivity index (χ2v) is 20.6. The van der Waals surface area contributed by atoms with Gasteiger partial charge in [0.05, 0.1) is 0 Å². The van der Waals surface area contributed by atoms with Crippen LogP contribution in [0.15, 0.2) is 11.6 Å². The first-order valence-electron chi connectivity index (χ1n) is 15.6. The van der Waals surface area contributed by atoms with Gasteiger partial charge in [-0.1, -0.05) is 73.0 Å². The minimum atomic E-state index is -1.73. The fourth-order valence-electron chi connectivity index (χ4n) is 9.19. The monoisotopic (exact) mass is 514 g/mol. The van der Waals surface area contributed by atoms with Gasteiger partial charge >= 0.3 is 0 Å². The van der Waals surface area contributed by atoms with Crippen molar-refractivity contribution in [2.75, 3.05) is 0 Å². The lowest BCUT2D eigenvalue weighted by Crippen LogP contribution is -2.52. The Morgan fingerprint density at radius 3 is 2.42 bits per heavy atom. The second-order valence-electron chi connectivity index (χ2n) is 15.9. The third kappa shape index (κ3) is 5.10. The van der Waals surface area contributed by atoms with Gasteiger partial charge in [-0.15, -0.1) is 0 Å². The van der Waals surface area contributed by atoms with Crippen LogP contribution in [0.25, 0.3) is 0 Å². The number of fused-ring (bicyclic) bond motifs is 5. The summed E-state index contributed by atoms with van der Waals surface area (Å²) < 4.78 is 6.92. The highest BCUT2D eigenvalue weighted by atomic mass is 28.4. The summed E-state index contributed by atoms with van der Waals surface area (Å²) in [6.45, 7) is 21.8. The molecular weight excluding hydrogens is 456 g/mol. The third-order valence-corrected chi connectivity index (χ3v) is 16.9. The molecule has 0 heterocycles. The van der Waals surface area contributed by atoms with Gasteiger partial charge < -0.3 is 9.22 Å². The highest BCUT2D eigenvalue weighted by molar-refractivity contribution is 6.74. The van der Waals surface area contributed by atoms with E-state index in [1.165, 1.54) is 70.5 Å². The van der Waals surface area contributed by atoms with Gasteiger partial charge in [0.1, 0.15) is 6.29 Å². The normalized spacial score (nSPS) is 39.7. The zero-order chi connectivity index (χ0) is 26.5. The molecule has 4 aliphatic carbocycles. The Morgan fingerprint density at radius 1 is 1.06 bits per heavy atom. The number of allylic oxidation sites excluding steroid dienone is 1. The maximum absolute atomic E-state index is 12.3. The standard InChI is InChI=1S/C33H58O2Si/c1-23(2)11-10-12-24(22-34)28-15-16-29-27-14-13-25-21-26(35-36(8,9)31(3,4)5)17-19-32(25,6)30(27)18-20-33(28,29)7/h13,22-24,26-30H,10-12,14-21H2,1-9H3/t24-,26?,27-,28+,29-,30-,32-,33+/m0/s1. The summed E-state index contributed by atoms with van der Waals surface area (Å²) in [5.74, 6) is 4.10. The molecule has 4 rings (SSSR count). The summed E-state index contributed by atoms with van der Waals surface area (Å²) in [6, 6.07) is 0. The van der Waals surface area contributed by atoms with Crippen molar-refractivity contribution in [3.63, 3.8) is 0 Å². The molecule has 0 radical (unpaired) electrons. The predicted molar refractivity (Wildman–Crippen MR) is 156 cm³/mol. The average Bonchev–Trinajstić information content (AvgIpc) is 3.13. The fourth-order valence-corrected chi connectivity index (χ4v) is 10.6. The lowest BCUT2D eigenvalue weighted by Gasteiger charge is -2.59. The summed E-state index contributed by atoms with van der Waals surface area (Å²) in [7, 11) is -1.73. The summed E-state index contributed by atoms with van der Waals surface area (Å²) >= 11 is 0. The Bertz CT molecular complexity index is 822. The average molecular weight is 515 g/mol. The Balaban J connectivity index is 1.47. The zero-order valence-electron chi connectivity index (χ0n) is 25.3. The van der Waals surface area contributed by atoms with Crippen LogP contribution in [0, 0.1) is 46.3 Å². The first kappa shape index (κ1) is 28.6. The minimum Gasteiger partial charge on any atom is -0.414 e. The summed E-state index contributed by atoms with van der Waals surface area (Å²) in [6.07, 6.45) is 18.4. The largest absolute Gasteiger partial charge is 0.414 e. The van der Waals surface area contributed by atoms with E-state index in [-0.39, 0.29) is 11.0 Å². The smallest absolute Gasteiger partial charge is 0.192 e. The molecule has 4 aliphatic rings. The molecule has 36 heavy (non-hydrogen) atoms. The van der Waals surface area contributed by atoms with Crippen LogP contribution >= 0.6 is 0 Å². The van der Waals surface area contributed by atoms with Crippen LogP contribution < -0.4 is 0 Å². The van der Waals surface area contributed by atoms with Crippen LogP contribution in [0.4, 0.5) is 0 Å². The van der Waals surface area contributed by atoms with Gasteiger partial charge in [0.25, 0.3) is 0 Å². The number of carbonyl (C=O) groups excluding carboxylic acids is 1. The lowest BCUT2D eigenvalue weighted by molar-refractivity contribution is -0.116. The van der Waals surface area contributed by atoms with E-state index in [0.717, 1.165) is 30.1 Å². The Kier molecular flexibility index (Phi) is 8.17.